The fourth-order valence-electron chi connectivity index (χ4n) is 2.27. The zero-order valence-corrected chi connectivity index (χ0v) is 15.5. The van der Waals surface area contributed by atoms with Crippen LogP contribution in [0.3, 0.4) is 0 Å². The Kier molecular flexibility index (Phi) is 6.65. The quantitative estimate of drug-likeness (QED) is 0.414. The summed E-state index contributed by atoms with van der Waals surface area (Å²) in [6, 6.07) is 13.1. The fourth-order valence-corrected chi connectivity index (χ4v) is 2.55. The normalized spacial score (nSPS) is 10.9. The molecule has 3 rings (SSSR count). The van der Waals surface area contributed by atoms with E-state index in [4.69, 9.17) is 25.8 Å². The maximum absolute atomic E-state index is 6.39. The van der Waals surface area contributed by atoms with E-state index in [9.17, 15) is 0 Å². The van der Waals surface area contributed by atoms with E-state index in [1.54, 1.807) is 12.3 Å². The highest BCUT2D eigenvalue weighted by Crippen LogP contribution is 2.36. The average Bonchev–Trinajstić information content (AvgIpc) is 3.20. The molecule has 0 aliphatic heterocycles. The summed E-state index contributed by atoms with van der Waals surface area (Å²) in [5, 5.41) is 12.0. The number of hydrogen-bond donors (Lipinski definition) is 0. The molecule has 0 saturated carbocycles. The first kappa shape index (κ1) is 18.7. The second kappa shape index (κ2) is 9.59. The highest BCUT2D eigenvalue weighted by atomic mass is 35.5. The highest BCUT2D eigenvalue weighted by Gasteiger charge is 2.12. The summed E-state index contributed by atoms with van der Waals surface area (Å²) in [6.45, 7) is 3.11. The molecule has 3 aromatic rings. The van der Waals surface area contributed by atoms with Crippen molar-refractivity contribution < 1.29 is 14.2 Å². The van der Waals surface area contributed by atoms with Crippen molar-refractivity contribution in [2.24, 2.45) is 5.10 Å². The predicted octanol–water partition coefficient (Wildman–Crippen LogP) is 3.67. The maximum atomic E-state index is 6.39. The molecule has 1 aromatic heterocycles. The molecule has 140 valence electrons. The number of rotatable bonds is 9. The molecule has 0 N–H and O–H groups in total. The minimum atomic E-state index is 0.336. The van der Waals surface area contributed by atoms with Gasteiger partial charge in [-0.1, -0.05) is 29.8 Å². The molecule has 0 unspecified atom stereocenters. The van der Waals surface area contributed by atoms with Crippen LogP contribution in [0.25, 0.3) is 0 Å². The van der Waals surface area contributed by atoms with Gasteiger partial charge in [-0.2, -0.15) is 5.10 Å². The Morgan fingerprint density at radius 2 is 1.78 bits per heavy atom. The van der Waals surface area contributed by atoms with E-state index in [-0.39, 0.29) is 0 Å². The van der Waals surface area contributed by atoms with Crippen molar-refractivity contribution in [3.8, 4) is 17.2 Å². The molecule has 0 amide bonds. The Morgan fingerprint density at radius 3 is 2.52 bits per heavy atom. The molecule has 7 nitrogen and oxygen atoms in total. The molecule has 0 spiro atoms. The SMILES string of the molecule is CCOc1cc(/C=N\n2cnnc2)cc(Cl)c1OCCOc1ccccc1. The summed E-state index contributed by atoms with van der Waals surface area (Å²) in [6.07, 6.45) is 4.62. The summed E-state index contributed by atoms with van der Waals surface area (Å²) in [7, 11) is 0. The van der Waals surface area contributed by atoms with Gasteiger partial charge in [0.25, 0.3) is 0 Å². The third kappa shape index (κ3) is 5.46. The number of halogens is 1. The van der Waals surface area contributed by atoms with Crippen molar-refractivity contribution in [1.82, 2.24) is 14.9 Å². The number of hydrogen-bond acceptors (Lipinski definition) is 6. The van der Waals surface area contributed by atoms with Gasteiger partial charge in [0, 0.05) is 0 Å². The van der Waals surface area contributed by atoms with Crippen molar-refractivity contribution in [3.63, 3.8) is 0 Å². The standard InChI is InChI=1S/C19H19ClN4O3/c1-2-25-18-11-15(12-23-24-13-21-22-14-24)10-17(20)19(18)27-9-8-26-16-6-4-3-5-7-16/h3-7,10-14H,2,8-9H2,1H3/b23-12-. The van der Waals surface area contributed by atoms with Gasteiger partial charge in [0.15, 0.2) is 11.5 Å². The summed E-state index contributed by atoms with van der Waals surface area (Å²) in [4.78, 5) is 0. The second-order valence-electron chi connectivity index (χ2n) is 5.36. The molecular formula is C19H19ClN4O3. The largest absolute Gasteiger partial charge is 0.490 e. The molecule has 2 aromatic carbocycles. The number of benzene rings is 2. The first-order valence-electron chi connectivity index (χ1n) is 8.42. The molecule has 8 heteroatoms. The predicted molar refractivity (Wildman–Crippen MR) is 103 cm³/mol. The first-order chi connectivity index (χ1) is 13.3. The van der Waals surface area contributed by atoms with E-state index in [0.29, 0.717) is 36.3 Å². The number of nitrogens with zero attached hydrogens (tertiary/aromatic N) is 4. The van der Waals surface area contributed by atoms with Gasteiger partial charge < -0.3 is 14.2 Å². The lowest BCUT2D eigenvalue weighted by atomic mass is 10.2. The van der Waals surface area contributed by atoms with Crippen LogP contribution in [-0.2, 0) is 0 Å². The van der Waals surface area contributed by atoms with Crippen molar-refractivity contribution in [1.29, 1.82) is 0 Å². The Hall–Kier alpha value is -3.06. The molecule has 0 atom stereocenters. The number of ether oxygens (including phenoxy) is 3. The van der Waals surface area contributed by atoms with Crippen LogP contribution in [0.5, 0.6) is 17.2 Å². The maximum Gasteiger partial charge on any atom is 0.179 e. The Morgan fingerprint density at radius 1 is 1.04 bits per heavy atom. The van der Waals surface area contributed by atoms with E-state index in [1.165, 1.54) is 17.3 Å². The topological polar surface area (TPSA) is 70.8 Å². The zero-order valence-electron chi connectivity index (χ0n) is 14.8. The van der Waals surface area contributed by atoms with Gasteiger partial charge in [-0.05, 0) is 36.8 Å². The third-order valence-corrected chi connectivity index (χ3v) is 3.70. The van der Waals surface area contributed by atoms with Crippen LogP contribution in [0.1, 0.15) is 12.5 Å². The molecule has 0 aliphatic rings. The van der Waals surface area contributed by atoms with Crippen molar-refractivity contribution in [3.05, 3.63) is 65.7 Å². The lowest BCUT2D eigenvalue weighted by molar-refractivity contribution is 0.208. The molecule has 0 saturated heterocycles. The van der Waals surface area contributed by atoms with Crippen LogP contribution >= 0.6 is 11.6 Å². The number of aromatic nitrogens is 3. The van der Waals surface area contributed by atoms with E-state index in [2.05, 4.69) is 15.3 Å². The molecule has 0 fully saturated rings. The zero-order chi connectivity index (χ0) is 18.9. The van der Waals surface area contributed by atoms with Gasteiger partial charge in [0.05, 0.1) is 17.8 Å². The Bertz CT molecular complexity index is 870. The highest BCUT2D eigenvalue weighted by molar-refractivity contribution is 6.32. The fraction of sp³-hybridized carbons (Fsp3) is 0.211. The minimum absolute atomic E-state index is 0.336. The molecule has 0 bridgehead atoms. The Labute approximate surface area is 162 Å². The molecule has 1 heterocycles. The van der Waals surface area contributed by atoms with Crippen LogP contribution in [0, 0.1) is 0 Å². The van der Waals surface area contributed by atoms with Crippen molar-refractivity contribution >= 4 is 17.8 Å². The van der Waals surface area contributed by atoms with Crippen LogP contribution < -0.4 is 14.2 Å². The smallest absolute Gasteiger partial charge is 0.179 e. The summed E-state index contributed by atoms with van der Waals surface area (Å²) in [5.41, 5.74) is 0.769. The number of para-hydroxylation sites is 1. The molecule has 27 heavy (non-hydrogen) atoms. The molecule has 0 aliphatic carbocycles. The van der Waals surface area contributed by atoms with Crippen molar-refractivity contribution in [2.75, 3.05) is 19.8 Å². The lowest BCUT2D eigenvalue weighted by Crippen LogP contribution is -2.10. The van der Waals surface area contributed by atoms with Crippen molar-refractivity contribution in [2.45, 2.75) is 6.92 Å². The van der Waals surface area contributed by atoms with Crippen LogP contribution in [0.2, 0.25) is 5.02 Å². The average molecular weight is 387 g/mol. The van der Waals surface area contributed by atoms with E-state index in [0.717, 1.165) is 11.3 Å². The van der Waals surface area contributed by atoms with Crippen LogP contribution in [0.15, 0.2) is 60.2 Å². The van der Waals surface area contributed by atoms with Gasteiger partial charge in [0.2, 0.25) is 0 Å². The first-order valence-corrected chi connectivity index (χ1v) is 8.80. The van der Waals surface area contributed by atoms with E-state index in [1.807, 2.05) is 43.3 Å². The third-order valence-electron chi connectivity index (χ3n) is 3.42. The summed E-state index contributed by atoms with van der Waals surface area (Å²) >= 11 is 6.39. The second-order valence-corrected chi connectivity index (χ2v) is 5.77. The van der Waals surface area contributed by atoms with Crippen LogP contribution in [0.4, 0.5) is 0 Å². The minimum Gasteiger partial charge on any atom is -0.490 e. The molecule has 0 radical (unpaired) electrons. The molecular weight excluding hydrogens is 368 g/mol. The van der Waals surface area contributed by atoms with Gasteiger partial charge >= 0.3 is 0 Å². The van der Waals surface area contributed by atoms with Gasteiger partial charge in [-0.3, -0.25) is 0 Å². The van der Waals surface area contributed by atoms with Gasteiger partial charge in [0.1, 0.15) is 31.6 Å². The van der Waals surface area contributed by atoms with E-state index >= 15 is 0 Å². The van der Waals surface area contributed by atoms with Gasteiger partial charge in [-0.15, -0.1) is 10.2 Å². The van der Waals surface area contributed by atoms with Crippen LogP contribution in [-0.4, -0.2) is 40.9 Å². The Balaban J connectivity index is 1.66. The van der Waals surface area contributed by atoms with Gasteiger partial charge in [-0.25, -0.2) is 4.68 Å². The lowest BCUT2D eigenvalue weighted by Gasteiger charge is -2.14. The summed E-state index contributed by atoms with van der Waals surface area (Å²) in [5.74, 6) is 1.82. The summed E-state index contributed by atoms with van der Waals surface area (Å²) < 4.78 is 18.6. The van der Waals surface area contributed by atoms with E-state index < -0.39 is 0 Å². The monoisotopic (exact) mass is 386 g/mol.